The van der Waals surface area contributed by atoms with Gasteiger partial charge in [-0.2, -0.15) is 0 Å². The van der Waals surface area contributed by atoms with Gasteiger partial charge < -0.3 is 30.0 Å². The maximum absolute atomic E-state index is 13.5. The number of hydrogen-bond donors (Lipinski definition) is 3. The summed E-state index contributed by atoms with van der Waals surface area (Å²) in [4.78, 5) is 38.9. The third-order valence-electron chi connectivity index (χ3n) is 6.96. The predicted molar refractivity (Wildman–Crippen MR) is 170 cm³/mol. The van der Waals surface area contributed by atoms with Crippen molar-refractivity contribution in [1.29, 1.82) is 0 Å². The van der Waals surface area contributed by atoms with Crippen LogP contribution in [0.2, 0.25) is 15.1 Å². The molecular weight excluding hydrogens is 643 g/mol. The predicted octanol–water partition coefficient (Wildman–Crippen LogP) is 6.46. The lowest BCUT2D eigenvalue weighted by molar-refractivity contribution is -0.144. The number of anilines is 1. The second-order valence-electron chi connectivity index (χ2n) is 10.1. The van der Waals surface area contributed by atoms with Gasteiger partial charge in [-0.15, -0.1) is 0 Å². The molecule has 0 aliphatic carbocycles. The highest BCUT2D eigenvalue weighted by Crippen LogP contribution is 2.33. The minimum absolute atomic E-state index is 0.0517. The van der Waals surface area contributed by atoms with Gasteiger partial charge in [-0.05, 0) is 42.0 Å². The summed E-state index contributed by atoms with van der Waals surface area (Å²) < 4.78 is 17.6. The minimum Gasteiger partial charge on any atom is -0.489 e. The number of benzene rings is 4. The van der Waals surface area contributed by atoms with E-state index < -0.39 is 42.3 Å². The standard InChI is InChI=1S/C33H27Cl3N2O7/c34-23-10-6-11-24(35)22(23)18-43-21-15-13-19(14-16-21)17-27(32(41)42)38-31(40)29-28(30(39)37-26-12-5-4-9-25(26)36)44-33(45-29)20-7-2-1-3-8-20/h1-16,27-29,33H,17-18H2,(H,37,39)(H,38,40)(H,41,42)/t27?,28-,29-,33-/m1/s1. The van der Waals surface area contributed by atoms with Gasteiger partial charge in [0.15, 0.2) is 18.5 Å². The third-order valence-corrected chi connectivity index (χ3v) is 8.00. The molecule has 4 aromatic carbocycles. The number of carboxylic acids is 1. The van der Waals surface area contributed by atoms with Crippen molar-refractivity contribution in [3.8, 4) is 5.75 Å². The van der Waals surface area contributed by atoms with Crippen LogP contribution in [0.25, 0.3) is 0 Å². The summed E-state index contributed by atoms with van der Waals surface area (Å²) in [6.07, 6.45) is -3.94. The molecule has 0 spiro atoms. The Labute approximate surface area is 274 Å². The Balaban J connectivity index is 1.27. The van der Waals surface area contributed by atoms with Crippen LogP contribution in [-0.4, -0.2) is 41.1 Å². The zero-order chi connectivity index (χ0) is 31.9. The Bertz CT molecular complexity index is 1650. The van der Waals surface area contributed by atoms with Crippen molar-refractivity contribution in [2.45, 2.75) is 37.6 Å². The molecule has 1 aliphatic rings. The van der Waals surface area contributed by atoms with Gasteiger partial charge in [0.2, 0.25) is 0 Å². The van der Waals surface area contributed by atoms with Crippen LogP contribution in [-0.2, 0) is 36.9 Å². The summed E-state index contributed by atoms with van der Waals surface area (Å²) in [6, 6.07) is 25.9. The van der Waals surface area contributed by atoms with E-state index in [1.807, 2.05) is 0 Å². The van der Waals surface area contributed by atoms with Gasteiger partial charge in [0.1, 0.15) is 18.4 Å². The third kappa shape index (κ3) is 8.13. The van der Waals surface area contributed by atoms with Crippen LogP contribution in [0.1, 0.15) is 23.0 Å². The number of carbonyl (C=O) groups excluding carboxylic acids is 2. The number of carbonyl (C=O) groups is 3. The summed E-state index contributed by atoms with van der Waals surface area (Å²) in [6.45, 7) is 0.143. The van der Waals surface area contributed by atoms with Crippen molar-refractivity contribution in [1.82, 2.24) is 5.32 Å². The van der Waals surface area contributed by atoms with Gasteiger partial charge in [-0.1, -0.05) is 95.5 Å². The molecule has 12 heteroatoms. The van der Waals surface area contributed by atoms with Crippen LogP contribution in [0.15, 0.2) is 97.1 Å². The Kier molecular flexibility index (Phi) is 10.6. The second kappa shape index (κ2) is 14.8. The number of halogens is 3. The molecule has 9 nitrogen and oxygen atoms in total. The van der Waals surface area contributed by atoms with Crippen molar-refractivity contribution in [2.75, 3.05) is 5.32 Å². The van der Waals surface area contributed by atoms with E-state index >= 15 is 0 Å². The van der Waals surface area contributed by atoms with Gasteiger partial charge in [0, 0.05) is 27.6 Å². The van der Waals surface area contributed by atoms with Crippen LogP contribution < -0.4 is 15.4 Å². The van der Waals surface area contributed by atoms with Crippen molar-refractivity contribution >= 4 is 58.3 Å². The second-order valence-corrected chi connectivity index (χ2v) is 11.3. The fourth-order valence-electron chi connectivity index (χ4n) is 4.61. The van der Waals surface area contributed by atoms with Crippen molar-refractivity contribution in [3.05, 3.63) is 129 Å². The summed E-state index contributed by atoms with van der Waals surface area (Å²) in [5.41, 5.74) is 2.16. The number of aliphatic carboxylic acids is 1. The Hall–Kier alpha value is -4.12. The van der Waals surface area contributed by atoms with Crippen molar-refractivity contribution in [3.63, 3.8) is 0 Å². The molecule has 1 aliphatic heterocycles. The molecule has 0 saturated carbocycles. The van der Waals surface area contributed by atoms with E-state index in [1.54, 1.807) is 97.1 Å². The number of para-hydroxylation sites is 1. The SMILES string of the molecule is O=C(O)C(Cc1ccc(OCc2c(Cl)cccc2Cl)cc1)NC(=O)[C@@H]1O[C@H](c2ccccc2)O[C@H]1C(=O)Nc1ccccc1Cl. The molecule has 2 amide bonds. The first-order valence-corrected chi connectivity index (χ1v) is 14.9. The lowest BCUT2D eigenvalue weighted by Crippen LogP contribution is -2.51. The van der Waals surface area contributed by atoms with E-state index in [0.29, 0.717) is 43.2 Å². The van der Waals surface area contributed by atoms with Crippen LogP contribution in [0, 0.1) is 0 Å². The molecule has 4 atom stereocenters. The van der Waals surface area contributed by atoms with Gasteiger partial charge in [0.05, 0.1) is 10.7 Å². The molecule has 232 valence electrons. The molecule has 0 aromatic heterocycles. The fourth-order valence-corrected chi connectivity index (χ4v) is 5.30. The number of nitrogens with one attached hydrogen (secondary N) is 2. The van der Waals surface area contributed by atoms with Crippen LogP contribution in [0.3, 0.4) is 0 Å². The van der Waals surface area contributed by atoms with Crippen molar-refractivity contribution in [2.24, 2.45) is 0 Å². The summed E-state index contributed by atoms with van der Waals surface area (Å²) in [7, 11) is 0. The van der Waals surface area contributed by atoms with Crippen LogP contribution in [0.4, 0.5) is 5.69 Å². The first kappa shape index (κ1) is 32.3. The molecular formula is C33H27Cl3N2O7. The average Bonchev–Trinajstić information content (AvgIpc) is 3.49. The Morgan fingerprint density at radius 3 is 2.00 bits per heavy atom. The molecule has 1 heterocycles. The van der Waals surface area contributed by atoms with E-state index in [-0.39, 0.29) is 13.0 Å². The highest BCUT2D eigenvalue weighted by molar-refractivity contribution is 6.36. The number of carboxylic acid groups (broad SMARTS) is 1. The number of ether oxygens (including phenoxy) is 3. The zero-order valence-electron chi connectivity index (χ0n) is 23.5. The largest absolute Gasteiger partial charge is 0.489 e. The topological polar surface area (TPSA) is 123 Å². The quantitative estimate of drug-likeness (QED) is 0.168. The molecule has 0 radical (unpaired) electrons. The molecule has 1 fully saturated rings. The van der Waals surface area contributed by atoms with E-state index in [4.69, 9.17) is 49.0 Å². The fraction of sp³-hybridized carbons (Fsp3) is 0.182. The normalized spacial score (nSPS) is 18.2. The monoisotopic (exact) mass is 668 g/mol. The average molecular weight is 670 g/mol. The highest BCUT2D eigenvalue weighted by atomic mass is 35.5. The zero-order valence-corrected chi connectivity index (χ0v) is 25.8. The number of hydrogen-bond acceptors (Lipinski definition) is 6. The molecule has 1 unspecified atom stereocenters. The van der Waals surface area contributed by atoms with E-state index in [9.17, 15) is 19.5 Å². The molecule has 1 saturated heterocycles. The smallest absolute Gasteiger partial charge is 0.326 e. The van der Waals surface area contributed by atoms with Crippen LogP contribution >= 0.6 is 34.8 Å². The Morgan fingerprint density at radius 2 is 1.36 bits per heavy atom. The number of amides is 2. The summed E-state index contributed by atoms with van der Waals surface area (Å²) in [5, 5.41) is 16.4. The first-order valence-electron chi connectivity index (χ1n) is 13.8. The lowest BCUT2D eigenvalue weighted by Gasteiger charge is -2.20. The maximum Gasteiger partial charge on any atom is 0.326 e. The van der Waals surface area contributed by atoms with Crippen LogP contribution in [0.5, 0.6) is 5.75 Å². The summed E-state index contributed by atoms with van der Waals surface area (Å²) in [5.74, 6) is -2.26. The number of rotatable bonds is 11. The molecule has 3 N–H and O–H groups in total. The van der Waals surface area contributed by atoms with E-state index in [2.05, 4.69) is 10.6 Å². The van der Waals surface area contributed by atoms with E-state index in [0.717, 1.165) is 0 Å². The lowest BCUT2D eigenvalue weighted by atomic mass is 10.0. The first-order chi connectivity index (χ1) is 21.7. The van der Waals surface area contributed by atoms with E-state index in [1.165, 1.54) is 0 Å². The molecule has 5 rings (SSSR count). The molecule has 45 heavy (non-hydrogen) atoms. The minimum atomic E-state index is -1.45. The highest BCUT2D eigenvalue weighted by Gasteiger charge is 2.46. The van der Waals surface area contributed by atoms with Gasteiger partial charge in [0.25, 0.3) is 11.8 Å². The molecule has 0 bridgehead atoms. The van der Waals surface area contributed by atoms with Gasteiger partial charge in [-0.3, -0.25) is 9.59 Å². The summed E-state index contributed by atoms with van der Waals surface area (Å²) >= 11 is 18.6. The molecule has 4 aromatic rings. The van der Waals surface area contributed by atoms with Gasteiger partial charge in [-0.25, -0.2) is 4.79 Å². The van der Waals surface area contributed by atoms with Gasteiger partial charge >= 0.3 is 5.97 Å². The van der Waals surface area contributed by atoms with Crippen molar-refractivity contribution < 1.29 is 33.7 Å². The maximum atomic E-state index is 13.5. The Morgan fingerprint density at radius 1 is 0.756 bits per heavy atom.